The van der Waals surface area contributed by atoms with Crippen molar-refractivity contribution >= 4 is 11.4 Å². The summed E-state index contributed by atoms with van der Waals surface area (Å²) in [5.41, 5.74) is 1.90. The molecule has 1 unspecified atom stereocenters. The second-order valence-corrected chi connectivity index (χ2v) is 8.18. The molecule has 2 fully saturated rings. The zero-order chi connectivity index (χ0) is 20.2. The highest BCUT2D eigenvalue weighted by molar-refractivity contribution is 5.53. The van der Waals surface area contributed by atoms with Crippen LogP contribution in [0.4, 0.5) is 15.8 Å². The average molecular weight is 399 g/mol. The summed E-state index contributed by atoms with van der Waals surface area (Å²) in [6, 6.07) is 13.5. The molecule has 2 heterocycles. The highest BCUT2D eigenvalue weighted by atomic mass is 19.1. The summed E-state index contributed by atoms with van der Waals surface area (Å²) in [6.07, 6.45) is 3.19. The molecule has 4 rings (SSSR count). The van der Waals surface area contributed by atoms with E-state index in [2.05, 4.69) is 41.0 Å². The molecule has 2 aromatic rings. The lowest BCUT2D eigenvalue weighted by molar-refractivity contribution is 0.170. The van der Waals surface area contributed by atoms with Crippen molar-refractivity contribution in [1.82, 2.24) is 0 Å². The molecule has 2 saturated heterocycles. The molecule has 0 N–H and O–H groups in total. The van der Waals surface area contributed by atoms with Gasteiger partial charge in [0.05, 0.1) is 12.3 Å². The maximum atomic E-state index is 14.3. The summed E-state index contributed by atoms with van der Waals surface area (Å²) in [6.45, 7) is 8.66. The normalized spacial score (nSPS) is 20.2. The fraction of sp³-hybridized carbons (Fsp3) is 0.500. The first-order chi connectivity index (χ1) is 14.1. The van der Waals surface area contributed by atoms with Crippen LogP contribution in [-0.2, 0) is 0 Å². The van der Waals surface area contributed by atoms with Crippen molar-refractivity contribution in [1.29, 1.82) is 0 Å². The van der Waals surface area contributed by atoms with Gasteiger partial charge in [0, 0.05) is 50.8 Å². The van der Waals surface area contributed by atoms with E-state index < -0.39 is 0 Å². The Morgan fingerprint density at radius 3 is 2.28 bits per heavy atom. The van der Waals surface area contributed by atoms with Crippen LogP contribution in [0.2, 0.25) is 0 Å². The van der Waals surface area contributed by atoms with E-state index >= 15 is 0 Å². The molecule has 2 aliphatic heterocycles. The van der Waals surface area contributed by atoms with Gasteiger partial charge in [-0.15, -0.1) is 0 Å². The molecule has 0 saturated carbocycles. The van der Waals surface area contributed by atoms with Crippen LogP contribution in [0.15, 0.2) is 42.5 Å². The zero-order valence-electron chi connectivity index (χ0n) is 17.4. The first-order valence-corrected chi connectivity index (χ1v) is 10.8. The van der Waals surface area contributed by atoms with Gasteiger partial charge < -0.3 is 19.3 Å². The molecule has 0 aromatic heterocycles. The molecule has 4 nitrogen and oxygen atoms in total. The molecule has 2 aliphatic rings. The number of benzene rings is 2. The molecule has 29 heavy (non-hydrogen) atoms. The van der Waals surface area contributed by atoms with Crippen LogP contribution in [0.5, 0.6) is 11.5 Å². The Labute approximate surface area is 173 Å². The number of hydrogen-bond donors (Lipinski definition) is 0. The summed E-state index contributed by atoms with van der Waals surface area (Å²) in [5.74, 6) is 2.22. The monoisotopic (exact) mass is 398 g/mol. The van der Waals surface area contributed by atoms with E-state index in [4.69, 9.17) is 9.47 Å². The minimum atomic E-state index is -0.195. The smallest absolute Gasteiger partial charge is 0.146 e. The second kappa shape index (κ2) is 8.93. The van der Waals surface area contributed by atoms with E-state index in [9.17, 15) is 4.39 Å². The quantitative estimate of drug-likeness (QED) is 0.674. The Morgan fingerprint density at radius 2 is 1.62 bits per heavy atom. The third-order valence-electron chi connectivity index (χ3n) is 5.94. The van der Waals surface area contributed by atoms with Crippen molar-refractivity contribution in [3.63, 3.8) is 0 Å². The Morgan fingerprint density at radius 1 is 0.931 bits per heavy atom. The molecular formula is C24H31FN2O2. The fourth-order valence-electron chi connectivity index (χ4n) is 4.30. The van der Waals surface area contributed by atoms with E-state index in [1.807, 2.05) is 6.92 Å². The van der Waals surface area contributed by atoms with E-state index in [-0.39, 0.29) is 11.9 Å². The molecule has 5 heteroatoms. The number of halogens is 1. The molecule has 0 amide bonds. The maximum absolute atomic E-state index is 14.3. The van der Waals surface area contributed by atoms with Crippen LogP contribution in [-0.4, -0.2) is 38.9 Å². The van der Waals surface area contributed by atoms with Crippen LogP contribution in [0.3, 0.4) is 0 Å². The Balaban J connectivity index is 1.31. The standard InChI is InChI=1S/C24H31FN2O2/c1-3-28-22-8-9-23(25)24(16-22)26-14-11-21(12-15-26)29-20-6-4-19(5-7-20)27-13-10-18(2)17-27/h4-9,16,18,21H,3,10-15,17H2,1-2H3. The first kappa shape index (κ1) is 19.9. The molecule has 0 aliphatic carbocycles. The highest BCUT2D eigenvalue weighted by Crippen LogP contribution is 2.30. The summed E-state index contributed by atoms with van der Waals surface area (Å²) in [4.78, 5) is 4.53. The lowest BCUT2D eigenvalue weighted by atomic mass is 10.1. The lowest BCUT2D eigenvalue weighted by Crippen LogP contribution is -2.38. The van der Waals surface area contributed by atoms with E-state index in [1.54, 1.807) is 12.1 Å². The number of ether oxygens (including phenoxy) is 2. The maximum Gasteiger partial charge on any atom is 0.146 e. The van der Waals surface area contributed by atoms with Gasteiger partial charge >= 0.3 is 0 Å². The molecule has 1 atom stereocenters. The van der Waals surface area contributed by atoms with Crippen molar-refractivity contribution < 1.29 is 13.9 Å². The first-order valence-electron chi connectivity index (χ1n) is 10.8. The lowest BCUT2D eigenvalue weighted by Gasteiger charge is -2.34. The van der Waals surface area contributed by atoms with Crippen molar-refractivity contribution in [2.75, 3.05) is 42.6 Å². The van der Waals surface area contributed by atoms with E-state index in [0.717, 1.165) is 56.4 Å². The zero-order valence-corrected chi connectivity index (χ0v) is 17.4. The van der Waals surface area contributed by atoms with Gasteiger partial charge in [-0.1, -0.05) is 6.92 Å². The van der Waals surface area contributed by atoms with Crippen LogP contribution >= 0.6 is 0 Å². The van der Waals surface area contributed by atoms with E-state index in [0.29, 0.717) is 12.3 Å². The van der Waals surface area contributed by atoms with Gasteiger partial charge in [-0.05, 0) is 55.7 Å². The minimum absolute atomic E-state index is 0.169. The van der Waals surface area contributed by atoms with Gasteiger partial charge in [0.2, 0.25) is 0 Å². The van der Waals surface area contributed by atoms with Crippen LogP contribution in [0, 0.1) is 11.7 Å². The summed E-state index contributed by atoms with van der Waals surface area (Å²) in [7, 11) is 0. The van der Waals surface area contributed by atoms with Gasteiger partial charge in [0.15, 0.2) is 0 Å². The Bertz CT molecular complexity index is 803. The number of nitrogens with zero attached hydrogens (tertiary/aromatic N) is 2. The molecule has 0 radical (unpaired) electrons. The predicted molar refractivity (Wildman–Crippen MR) is 116 cm³/mol. The van der Waals surface area contributed by atoms with Crippen molar-refractivity contribution in [2.45, 2.75) is 39.2 Å². The summed E-state index contributed by atoms with van der Waals surface area (Å²) < 4.78 is 26.0. The highest BCUT2D eigenvalue weighted by Gasteiger charge is 2.23. The largest absolute Gasteiger partial charge is 0.494 e. The molecule has 2 aromatic carbocycles. The third kappa shape index (κ3) is 4.77. The van der Waals surface area contributed by atoms with Crippen molar-refractivity contribution in [3.8, 4) is 11.5 Å². The van der Waals surface area contributed by atoms with Gasteiger partial charge in [-0.3, -0.25) is 0 Å². The SMILES string of the molecule is CCOc1ccc(F)c(N2CCC(Oc3ccc(N4CCC(C)C4)cc3)CC2)c1. The number of piperidine rings is 1. The third-order valence-corrected chi connectivity index (χ3v) is 5.94. The van der Waals surface area contributed by atoms with E-state index in [1.165, 1.54) is 18.2 Å². The summed E-state index contributed by atoms with van der Waals surface area (Å²) >= 11 is 0. The predicted octanol–water partition coefficient (Wildman–Crippen LogP) is 5.12. The molecule has 156 valence electrons. The van der Waals surface area contributed by atoms with Gasteiger partial charge in [-0.25, -0.2) is 4.39 Å². The average Bonchev–Trinajstić information content (AvgIpc) is 3.17. The van der Waals surface area contributed by atoms with Gasteiger partial charge in [0.25, 0.3) is 0 Å². The molecular weight excluding hydrogens is 367 g/mol. The minimum Gasteiger partial charge on any atom is -0.494 e. The molecule has 0 bridgehead atoms. The topological polar surface area (TPSA) is 24.9 Å². The Kier molecular flexibility index (Phi) is 6.12. The van der Waals surface area contributed by atoms with Crippen molar-refractivity contribution in [2.24, 2.45) is 5.92 Å². The van der Waals surface area contributed by atoms with Crippen molar-refractivity contribution in [3.05, 3.63) is 48.3 Å². The molecule has 0 spiro atoms. The number of anilines is 2. The number of rotatable bonds is 6. The fourth-order valence-corrected chi connectivity index (χ4v) is 4.30. The van der Waals surface area contributed by atoms with Crippen LogP contribution in [0.1, 0.15) is 33.1 Å². The van der Waals surface area contributed by atoms with Crippen LogP contribution < -0.4 is 19.3 Å². The number of hydrogen-bond acceptors (Lipinski definition) is 4. The van der Waals surface area contributed by atoms with Gasteiger partial charge in [0.1, 0.15) is 23.4 Å². The van der Waals surface area contributed by atoms with Crippen LogP contribution in [0.25, 0.3) is 0 Å². The van der Waals surface area contributed by atoms with Gasteiger partial charge in [-0.2, -0.15) is 0 Å². The summed E-state index contributed by atoms with van der Waals surface area (Å²) in [5, 5.41) is 0. The second-order valence-electron chi connectivity index (χ2n) is 8.18. The Hall–Kier alpha value is -2.43.